The molecule has 2 heterocycles. The van der Waals surface area contributed by atoms with Crippen LogP contribution in [0.4, 0.5) is 0 Å². The number of halogens is 1. The number of para-hydroxylation sites is 1. The number of fused-ring (bicyclic) bond motifs is 9. The molecule has 8 aromatic rings. The first-order chi connectivity index (χ1) is 21.0. The van der Waals surface area contributed by atoms with Gasteiger partial charge in [-0.2, -0.15) is 0 Å². The molecule has 43 heavy (non-hydrogen) atoms. The Hall–Kier alpha value is -4.80. The summed E-state index contributed by atoms with van der Waals surface area (Å²) in [6, 6.07) is 43.4. The largest absolute Gasteiger partial charge is 0.278 e. The Morgan fingerprint density at radius 1 is 0.605 bits per heavy atom. The van der Waals surface area contributed by atoms with Gasteiger partial charge in [0.15, 0.2) is 0 Å². The van der Waals surface area contributed by atoms with Crippen LogP contribution in [0.2, 0.25) is 0 Å². The number of aromatic nitrogens is 3. The van der Waals surface area contributed by atoms with Gasteiger partial charge in [-0.1, -0.05) is 115 Å². The molecule has 1 aliphatic rings. The van der Waals surface area contributed by atoms with Gasteiger partial charge in [0, 0.05) is 31.6 Å². The molecule has 1 aliphatic carbocycles. The Morgan fingerprint density at radius 3 is 2.21 bits per heavy atom. The summed E-state index contributed by atoms with van der Waals surface area (Å²) in [4.78, 5) is 10.5. The van der Waals surface area contributed by atoms with Crippen LogP contribution in [-0.2, 0) is 5.41 Å². The number of hydrogen-bond donors (Lipinski definition) is 0. The van der Waals surface area contributed by atoms with Crippen molar-refractivity contribution in [3.05, 3.63) is 137 Å². The van der Waals surface area contributed by atoms with Crippen molar-refractivity contribution >= 4 is 59.4 Å². The smallest absolute Gasteiger partial charge is 0.235 e. The lowest BCUT2D eigenvalue weighted by Gasteiger charge is -2.22. The molecule has 0 bridgehead atoms. The maximum absolute atomic E-state index is 5.29. The van der Waals surface area contributed by atoms with E-state index < -0.39 is 0 Å². The van der Waals surface area contributed by atoms with Crippen LogP contribution in [0.25, 0.3) is 71.8 Å². The highest BCUT2D eigenvalue weighted by atomic mass is 79.9. The number of rotatable bonds is 2. The molecule has 0 spiro atoms. The summed E-state index contributed by atoms with van der Waals surface area (Å²) in [5.74, 6) is 0.679. The molecule has 0 fully saturated rings. The summed E-state index contributed by atoms with van der Waals surface area (Å²) in [6.45, 7) is 4.70. The molecule has 0 unspecified atom stereocenters. The summed E-state index contributed by atoms with van der Waals surface area (Å²) >= 11 is 3.76. The third-order valence-corrected chi connectivity index (χ3v) is 9.74. The molecule has 0 N–H and O–H groups in total. The van der Waals surface area contributed by atoms with Crippen molar-refractivity contribution < 1.29 is 0 Å². The van der Waals surface area contributed by atoms with Gasteiger partial charge in [-0.25, -0.2) is 9.97 Å². The van der Waals surface area contributed by atoms with Gasteiger partial charge in [0.05, 0.1) is 22.2 Å². The monoisotopic (exact) mass is 615 g/mol. The van der Waals surface area contributed by atoms with E-state index in [-0.39, 0.29) is 5.41 Å². The lowest BCUT2D eigenvalue weighted by Crippen LogP contribution is -2.15. The van der Waals surface area contributed by atoms with Crippen molar-refractivity contribution in [2.24, 2.45) is 0 Å². The van der Waals surface area contributed by atoms with Gasteiger partial charge >= 0.3 is 0 Å². The second-order valence-electron chi connectivity index (χ2n) is 12.0. The highest BCUT2D eigenvalue weighted by Gasteiger charge is 2.37. The van der Waals surface area contributed by atoms with E-state index in [1.807, 2.05) is 12.1 Å². The average molecular weight is 617 g/mol. The minimum Gasteiger partial charge on any atom is -0.278 e. The summed E-state index contributed by atoms with van der Waals surface area (Å²) in [5.41, 5.74) is 10.4. The van der Waals surface area contributed by atoms with E-state index in [2.05, 4.69) is 144 Å². The third kappa shape index (κ3) is 3.47. The molecule has 204 valence electrons. The number of nitrogens with zero attached hydrogens (tertiary/aromatic N) is 3. The van der Waals surface area contributed by atoms with Crippen molar-refractivity contribution in [3.8, 4) is 28.3 Å². The minimum absolute atomic E-state index is 0.149. The second kappa shape index (κ2) is 8.85. The zero-order valence-electron chi connectivity index (χ0n) is 23.8. The molecule has 3 nitrogen and oxygen atoms in total. The van der Waals surface area contributed by atoms with E-state index >= 15 is 0 Å². The molecule has 9 rings (SSSR count). The van der Waals surface area contributed by atoms with E-state index in [0.29, 0.717) is 5.95 Å². The molecule has 0 amide bonds. The fraction of sp³-hybridized carbons (Fsp3) is 0.0769. The normalized spacial score (nSPS) is 13.7. The van der Waals surface area contributed by atoms with Crippen molar-refractivity contribution in [2.75, 3.05) is 0 Å². The van der Waals surface area contributed by atoms with Gasteiger partial charge in [-0.15, -0.1) is 0 Å². The first-order valence-electron chi connectivity index (χ1n) is 14.6. The first kappa shape index (κ1) is 24.8. The van der Waals surface area contributed by atoms with E-state index in [1.165, 1.54) is 43.8 Å². The van der Waals surface area contributed by atoms with E-state index in [1.54, 1.807) is 0 Å². The Kier molecular flexibility index (Phi) is 5.10. The standard InChI is InChI=1S/C39H26BrN3/c1-39(2)31-18-16-23-10-6-7-13-26(23)36(31)30-21-29-28-20-25(40)17-19-34(28)43(35(29)22-32(30)39)38-41-33-15-9-8-14-27(33)37(42-38)24-11-4-3-5-12-24/h3-22H,1-2H3. The van der Waals surface area contributed by atoms with Crippen LogP contribution in [0.1, 0.15) is 25.0 Å². The Balaban J connectivity index is 1.41. The van der Waals surface area contributed by atoms with Crippen LogP contribution in [0.15, 0.2) is 126 Å². The maximum Gasteiger partial charge on any atom is 0.235 e. The molecule has 0 aliphatic heterocycles. The minimum atomic E-state index is -0.149. The van der Waals surface area contributed by atoms with Gasteiger partial charge in [-0.3, -0.25) is 4.57 Å². The summed E-state index contributed by atoms with van der Waals surface area (Å²) in [6.07, 6.45) is 0. The Bertz CT molecular complexity index is 2440. The van der Waals surface area contributed by atoms with Crippen LogP contribution in [-0.4, -0.2) is 14.5 Å². The highest BCUT2D eigenvalue weighted by Crippen LogP contribution is 2.53. The molecular weight excluding hydrogens is 590 g/mol. The van der Waals surface area contributed by atoms with Crippen molar-refractivity contribution in [2.45, 2.75) is 19.3 Å². The summed E-state index contributed by atoms with van der Waals surface area (Å²) < 4.78 is 3.31. The number of benzene rings is 6. The fourth-order valence-corrected chi connectivity index (χ4v) is 7.55. The van der Waals surface area contributed by atoms with E-state index in [4.69, 9.17) is 9.97 Å². The summed E-state index contributed by atoms with van der Waals surface area (Å²) in [5, 5.41) is 6.00. The second-order valence-corrected chi connectivity index (χ2v) is 12.9. The molecule has 4 heteroatoms. The van der Waals surface area contributed by atoms with Crippen molar-refractivity contribution in [3.63, 3.8) is 0 Å². The molecule has 0 saturated carbocycles. The average Bonchev–Trinajstić information content (AvgIpc) is 3.47. The van der Waals surface area contributed by atoms with Gasteiger partial charge in [0.2, 0.25) is 5.95 Å². The van der Waals surface area contributed by atoms with Crippen LogP contribution in [0.5, 0.6) is 0 Å². The van der Waals surface area contributed by atoms with Crippen LogP contribution in [0, 0.1) is 0 Å². The predicted molar refractivity (Wildman–Crippen MR) is 182 cm³/mol. The van der Waals surface area contributed by atoms with E-state index in [0.717, 1.165) is 37.7 Å². The molecule has 0 radical (unpaired) electrons. The molecule has 0 saturated heterocycles. The maximum atomic E-state index is 5.29. The van der Waals surface area contributed by atoms with E-state index in [9.17, 15) is 0 Å². The first-order valence-corrected chi connectivity index (χ1v) is 15.4. The highest BCUT2D eigenvalue weighted by molar-refractivity contribution is 9.10. The lowest BCUT2D eigenvalue weighted by atomic mass is 9.82. The molecule has 0 atom stereocenters. The molecule has 2 aromatic heterocycles. The van der Waals surface area contributed by atoms with Crippen LogP contribution >= 0.6 is 15.9 Å². The van der Waals surface area contributed by atoms with Gasteiger partial charge in [-0.05, 0) is 69.4 Å². The predicted octanol–water partition coefficient (Wildman–Crippen LogP) is 10.6. The summed E-state index contributed by atoms with van der Waals surface area (Å²) in [7, 11) is 0. The van der Waals surface area contributed by atoms with Gasteiger partial charge < -0.3 is 0 Å². The molecule has 6 aromatic carbocycles. The SMILES string of the molecule is CC1(C)c2cc3c(cc2-c2c1ccc1ccccc21)c1cc(Br)ccc1n3-c1nc(-c2ccccc2)c2ccccc2n1. The van der Waals surface area contributed by atoms with Crippen molar-refractivity contribution in [1.29, 1.82) is 0 Å². The van der Waals surface area contributed by atoms with Crippen molar-refractivity contribution in [1.82, 2.24) is 14.5 Å². The van der Waals surface area contributed by atoms with Crippen LogP contribution < -0.4 is 0 Å². The third-order valence-electron chi connectivity index (χ3n) is 9.25. The zero-order chi connectivity index (χ0) is 28.9. The molecular formula is C39H26BrN3. The topological polar surface area (TPSA) is 30.7 Å². The fourth-order valence-electron chi connectivity index (χ4n) is 7.19. The number of hydrogen-bond acceptors (Lipinski definition) is 2. The van der Waals surface area contributed by atoms with Gasteiger partial charge in [0.1, 0.15) is 0 Å². The Morgan fingerprint density at radius 2 is 1.35 bits per heavy atom. The Labute approximate surface area is 257 Å². The van der Waals surface area contributed by atoms with Gasteiger partial charge in [0.25, 0.3) is 0 Å². The quantitative estimate of drug-likeness (QED) is 0.194. The lowest BCUT2D eigenvalue weighted by molar-refractivity contribution is 0.661. The van der Waals surface area contributed by atoms with Crippen LogP contribution in [0.3, 0.4) is 0 Å². The zero-order valence-corrected chi connectivity index (χ0v) is 25.4.